The number of hydrogen-bond donors (Lipinski definition) is 3. The first-order chi connectivity index (χ1) is 12.8. The Morgan fingerprint density at radius 1 is 1.11 bits per heavy atom. The van der Waals surface area contributed by atoms with Gasteiger partial charge < -0.3 is 15.6 Å². The molecule has 1 fully saturated rings. The molecule has 27 heavy (non-hydrogen) atoms. The SMILES string of the molecule is CC(=O)c1c(C)[nH]c(C(=O)N[C@H](C)c2ccc(NC(=O)C3CC3)cc2)c1C. The maximum atomic E-state index is 12.6. The van der Waals surface area contributed by atoms with Gasteiger partial charge in [0.1, 0.15) is 5.69 Å². The van der Waals surface area contributed by atoms with Gasteiger partial charge in [0.2, 0.25) is 5.91 Å². The van der Waals surface area contributed by atoms with Crippen molar-refractivity contribution in [2.75, 3.05) is 5.32 Å². The third-order valence-electron chi connectivity index (χ3n) is 4.99. The lowest BCUT2D eigenvalue weighted by Crippen LogP contribution is -2.27. The van der Waals surface area contributed by atoms with Gasteiger partial charge in [0.05, 0.1) is 6.04 Å². The van der Waals surface area contributed by atoms with Crippen LogP contribution in [0.25, 0.3) is 0 Å². The number of aryl methyl sites for hydroxylation is 1. The summed E-state index contributed by atoms with van der Waals surface area (Å²) in [7, 11) is 0. The van der Waals surface area contributed by atoms with Crippen molar-refractivity contribution in [2.24, 2.45) is 5.92 Å². The molecule has 1 aliphatic carbocycles. The fourth-order valence-corrected chi connectivity index (χ4v) is 3.30. The van der Waals surface area contributed by atoms with Gasteiger partial charge in [-0.2, -0.15) is 0 Å². The van der Waals surface area contributed by atoms with E-state index in [1.54, 1.807) is 13.8 Å². The van der Waals surface area contributed by atoms with Crippen molar-refractivity contribution in [3.63, 3.8) is 0 Å². The Hall–Kier alpha value is -2.89. The van der Waals surface area contributed by atoms with Gasteiger partial charge >= 0.3 is 0 Å². The molecule has 0 aliphatic heterocycles. The van der Waals surface area contributed by atoms with E-state index in [0.29, 0.717) is 22.5 Å². The molecule has 1 aliphatic rings. The Labute approximate surface area is 158 Å². The van der Waals surface area contributed by atoms with E-state index in [1.165, 1.54) is 6.92 Å². The van der Waals surface area contributed by atoms with Gasteiger partial charge in [0.25, 0.3) is 5.91 Å². The van der Waals surface area contributed by atoms with E-state index in [0.717, 1.165) is 24.1 Å². The van der Waals surface area contributed by atoms with Crippen LogP contribution in [0.5, 0.6) is 0 Å². The van der Waals surface area contributed by atoms with Gasteiger partial charge in [-0.05, 0) is 63.8 Å². The van der Waals surface area contributed by atoms with Crippen LogP contribution >= 0.6 is 0 Å². The van der Waals surface area contributed by atoms with E-state index in [1.807, 2.05) is 31.2 Å². The molecule has 142 valence electrons. The maximum Gasteiger partial charge on any atom is 0.268 e. The molecule has 1 aromatic carbocycles. The molecular weight excluding hydrogens is 342 g/mol. The second-order valence-electron chi connectivity index (χ2n) is 7.26. The summed E-state index contributed by atoms with van der Waals surface area (Å²) in [6.45, 7) is 6.96. The van der Waals surface area contributed by atoms with Crippen LogP contribution < -0.4 is 10.6 Å². The average Bonchev–Trinajstić information content (AvgIpc) is 3.40. The van der Waals surface area contributed by atoms with Crippen LogP contribution in [0.4, 0.5) is 5.69 Å². The molecule has 1 aromatic heterocycles. The number of aromatic nitrogens is 1. The number of anilines is 1. The van der Waals surface area contributed by atoms with E-state index >= 15 is 0 Å². The fourth-order valence-electron chi connectivity index (χ4n) is 3.30. The summed E-state index contributed by atoms with van der Waals surface area (Å²) in [5, 5.41) is 5.85. The molecule has 6 heteroatoms. The number of ketones is 1. The molecule has 2 aromatic rings. The number of H-pyrrole nitrogens is 1. The number of hydrogen-bond acceptors (Lipinski definition) is 3. The van der Waals surface area contributed by atoms with Crippen LogP contribution in [0.15, 0.2) is 24.3 Å². The van der Waals surface area contributed by atoms with Gasteiger partial charge in [-0.1, -0.05) is 12.1 Å². The van der Waals surface area contributed by atoms with E-state index < -0.39 is 0 Å². The van der Waals surface area contributed by atoms with Crippen LogP contribution in [-0.4, -0.2) is 22.6 Å². The van der Waals surface area contributed by atoms with Crippen molar-refractivity contribution in [1.29, 1.82) is 0 Å². The highest BCUT2D eigenvalue weighted by molar-refractivity contribution is 6.02. The minimum Gasteiger partial charge on any atom is -0.354 e. The highest BCUT2D eigenvalue weighted by Gasteiger charge is 2.29. The monoisotopic (exact) mass is 367 g/mol. The van der Waals surface area contributed by atoms with E-state index in [-0.39, 0.29) is 29.6 Å². The highest BCUT2D eigenvalue weighted by atomic mass is 16.2. The number of amides is 2. The van der Waals surface area contributed by atoms with Gasteiger partial charge in [0, 0.05) is 22.9 Å². The number of nitrogens with one attached hydrogen (secondary N) is 3. The van der Waals surface area contributed by atoms with Crippen LogP contribution in [0, 0.1) is 19.8 Å². The summed E-state index contributed by atoms with van der Waals surface area (Å²) >= 11 is 0. The lowest BCUT2D eigenvalue weighted by atomic mass is 10.1. The molecule has 1 heterocycles. The second-order valence-corrected chi connectivity index (χ2v) is 7.26. The Morgan fingerprint density at radius 3 is 2.26 bits per heavy atom. The number of carbonyl (C=O) groups is 3. The molecule has 6 nitrogen and oxygen atoms in total. The molecule has 1 atom stereocenters. The van der Waals surface area contributed by atoms with Crippen LogP contribution in [0.1, 0.15) is 70.4 Å². The van der Waals surface area contributed by atoms with Crippen molar-refractivity contribution < 1.29 is 14.4 Å². The topological polar surface area (TPSA) is 91.1 Å². The second kappa shape index (κ2) is 7.39. The number of benzene rings is 1. The molecule has 0 spiro atoms. The van der Waals surface area contributed by atoms with Crippen molar-refractivity contribution in [1.82, 2.24) is 10.3 Å². The van der Waals surface area contributed by atoms with Gasteiger partial charge in [-0.3, -0.25) is 14.4 Å². The zero-order valence-electron chi connectivity index (χ0n) is 16.1. The van der Waals surface area contributed by atoms with Gasteiger partial charge in [-0.15, -0.1) is 0 Å². The predicted octanol–water partition coefficient (Wildman–Crippen LogP) is 3.67. The molecule has 0 saturated heterocycles. The number of Topliss-reactive ketones (excluding diaryl/α,β-unsaturated/α-hetero) is 1. The van der Waals surface area contributed by atoms with Crippen molar-refractivity contribution in [3.05, 3.63) is 52.3 Å². The third kappa shape index (κ3) is 4.10. The van der Waals surface area contributed by atoms with Crippen LogP contribution in [0.2, 0.25) is 0 Å². The lowest BCUT2D eigenvalue weighted by molar-refractivity contribution is -0.117. The smallest absolute Gasteiger partial charge is 0.268 e. The number of rotatable bonds is 6. The first-order valence-electron chi connectivity index (χ1n) is 9.19. The van der Waals surface area contributed by atoms with Crippen molar-refractivity contribution in [2.45, 2.75) is 46.6 Å². The van der Waals surface area contributed by atoms with Crippen molar-refractivity contribution in [3.8, 4) is 0 Å². The third-order valence-corrected chi connectivity index (χ3v) is 4.99. The first-order valence-corrected chi connectivity index (χ1v) is 9.19. The molecule has 0 radical (unpaired) electrons. The van der Waals surface area contributed by atoms with Crippen molar-refractivity contribution >= 4 is 23.3 Å². The van der Waals surface area contributed by atoms with Gasteiger partial charge in [-0.25, -0.2) is 0 Å². The summed E-state index contributed by atoms with van der Waals surface area (Å²) in [6.07, 6.45) is 1.94. The zero-order valence-corrected chi connectivity index (χ0v) is 16.1. The minimum absolute atomic E-state index is 0.0582. The highest BCUT2D eigenvalue weighted by Crippen LogP contribution is 2.30. The zero-order chi connectivity index (χ0) is 19.7. The summed E-state index contributed by atoms with van der Waals surface area (Å²) < 4.78 is 0. The van der Waals surface area contributed by atoms with E-state index in [9.17, 15) is 14.4 Å². The summed E-state index contributed by atoms with van der Waals surface area (Å²) in [5.74, 6) is -0.0721. The Morgan fingerprint density at radius 2 is 1.74 bits per heavy atom. The molecule has 3 N–H and O–H groups in total. The Balaban J connectivity index is 1.67. The standard InChI is InChI=1S/C21H25N3O3/c1-11-18(14(4)25)13(3)22-19(11)21(27)23-12(2)15-7-9-17(10-8-15)24-20(26)16-5-6-16/h7-10,12,16,22H,5-6H2,1-4H3,(H,23,27)(H,24,26)/t12-/m1/s1. The molecular formula is C21H25N3O3. The molecule has 0 bridgehead atoms. The predicted molar refractivity (Wildman–Crippen MR) is 104 cm³/mol. The quantitative estimate of drug-likeness (QED) is 0.680. The Kier molecular flexibility index (Phi) is 5.17. The normalized spacial score (nSPS) is 14.5. The summed E-state index contributed by atoms with van der Waals surface area (Å²) in [4.78, 5) is 39.2. The Bertz CT molecular complexity index is 892. The fraction of sp³-hybridized carbons (Fsp3) is 0.381. The largest absolute Gasteiger partial charge is 0.354 e. The lowest BCUT2D eigenvalue weighted by Gasteiger charge is -2.15. The van der Waals surface area contributed by atoms with Crippen LogP contribution in [0.3, 0.4) is 0 Å². The minimum atomic E-state index is -0.248. The first kappa shape index (κ1) is 18.9. The maximum absolute atomic E-state index is 12.6. The summed E-state index contributed by atoms with van der Waals surface area (Å²) in [5.41, 5.74) is 4.05. The number of carbonyl (C=O) groups excluding carboxylic acids is 3. The molecule has 0 unspecified atom stereocenters. The molecule has 3 rings (SSSR count). The van der Waals surface area contributed by atoms with E-state index in [4.69, 9.17) is 0 Å². The summed E-state index contributed by atoms with van der Waals surface area (Å²) in [6, 6.07) is 7.25. The average molecular weight is 367 g/mol. The number of aromatic amines is 1. The molecule has 2 amide bonds. The van der Waals surface area contributed by atoms with Gasteiger partial charge in [0.15, 0.2) is 5.78 Å². The van der Waals surface area contributed by atoms with Crippen LogP contribution in [-0.2, 0) is 4.79 Å². The molecule has 1 saturated carbocycles. The van der Waals surface area contributed by atoms with E-state index in [2.05, 4.69) is 15.6 Å².